The summed E-state index contributed by atoms with van der Waals surface area (Å²) in [6, 6.07) is 5.37. The van der Waals surface area contributed by atoms with Gasteiger partial charge in [-0.3, -0.25) is 0 Å². The summed E-state index contributed by atoms with van der Waals surface area (Å²) in [6.45, 7) is 7.79. The molecule has 0 heterocycles. The molecular weight excluding hydrogens is 272 g/mol. The second kappa shape index (κ2) is 7.52. The molecule has 6 nitrogen and oxygen atoms in total. The van der Waals surface area contributed by atoms with Crippen LogP contribution in [0.25, 0.3) is 0 Å². The van der Waals surface area contributed by atoms with E-state index in [0.29, 0.717) is 18.1 Å². The lowest BCUT2D eigenvalue weighted by atomic mass is 10.2. The molecule has 0 fully saturated rings. The Labute approximate surface area is 125 Å². The molecule has 0 radical (unpaired) electrons. The van der Waals surface area contributed by atoms with Crippen LogP contribution in [0, 0.1) is 0 Å². The highest BCUT2D eigenvalue weighted by Gasteiger charge is 2.15. The van der Waals surface area contributed by atoms with Gasteiger partial charge < -0.3 is 14.2 Å². The summed E-state index contributed by atoms with van der Waals surface area (Å²) in [5.41, 5.74) is 2.52. The van der Waals surface area contributed by atoms with Crippen LogP contribution >= 0.6 is 0 Å². The third-order valence-corrected chi connectivity index (χ3v) is 2.26. The monoisotopic (exact) mass is 294 g/mol. The lowest BCUT2D eigenvalue weighted by Crippen LogP contribution is -2.29. The number of rotatable bonds is 5. The molecule has 0 unspecified atom stereocenters. The topological polar surface area (TPSA) is 69.2 Å². The van der Waals surface area contributed by atoms with Crippen molar-refractivity contribution in [1.29, 1.82) is 0 Å². The Morgan fingerprint density at radius 3 is 2.62 bits per heavy atom. The van der Waals surface area contributed by atoms with Crippen molar-refractivity contribution in [3.05, 3.63) is 23.8 Å². The highest BCUT2D eigenvalue weighted by Crippen LogP contribution is 2.27. The number of amides is 1. The van der Waals surface area contributed by atoms with Crippen LogP contribution in [-0.2, 0) is 4.74 Å². The summed E-state index contributed by atoms with van der Waals surface area (Å²) < 4.78 is 15.7. The highest BCUT2D eigenvalue weighted by atomic mass is 16.6. The van der Waals surface area contributed by atoms with E-state index in [9.17, 15) is 4.79 Å². The Hall–Kier alpha value is -2.24. The van der Waals surface area contributed by atoms with Gasteiger partial charge in [0.25, 0.3) is 0 Å². The molecule has 1 N–H and O–H groups in total. The predicted octanol–water partition coefficient (Wildman–Crippen LogP) is 2.95. The molecular formula is C15H22N2O4. The largest absolute Gasteiger partial charge is 0.493 e. The quantitative estimate of drug-likeness (QED) is 0.669. The summed E-state index contributed by atoms with van der Waals surface area (Å²) in [7, 11) is 1.58. The van der Waals surface area contributed by atoms with Gasteiger partial charge in [-0.15, -0.1) is 0 Å². The number of hydrogen-bond acceptors (Lipinski definition) is 5. The molecule has 1 rings (SSSR count). The van der Waals surface area contributed by atoms with E-state index >= 15 is 0 Å². The van der Waals surface area contributed by atoms with Crippen LogP contribution in [0.2, 0.25) is 0 Å². The van der Waals surface area contributed by atoms with Crippen LogP contribution in [0.1, 0.15) is 33.3 Å². The Balaban J connectivity index is 2.68. The highest BCUT2D eigenvalue weighted by molar-refractivity contribution is 5.82. The fourth-order valence-electron chi connectivity index (χ4n) is 1.50. The maximum Gasteiger partial charge on any atom is 0.428 e. The van der Waals surface area contributed by atoms with Gasteiger partial charge in [-0.1, -0.05) is 0 Å². The summed E-state index contributed by atoms with van der Waals surface area (Å²) >= 11 is 0. The second-order valence-corrected chi connectivity index (χ2v) is 5.22. The van der Waals surface area contributed by atoms with E-state index in [4.69, 9.17) is 14.2 Å². The van der Waals surface area contributed by atoms with Crippen molar-refractivity contribution in [3.8, 4) is 11.5 Å². The number of hydrogen-bond donors (Lipinski definition) is 1. The third kappa shape index (κ3) is 6.16. The minimum atomic E-state index is -0.600. The molecule has 0 aromatic heterocycles. The van der Waals surface area contributed by atoms with Gasteiger partial charge in [0.05, 0.1) is 19.9 Å². The molecule has 116 valence electrons. The van der Waals surface area contributed by atoms with Crippen LogP contribution in [0.3, 0.4) is 0 Å². The van der Waals surface area contributed by atoms with Gasteiger partial charge in [-0.25, -0.2) is 10.2 Å². The first-order valence-electron chi connectivity index (χ1n) is 6.68. The lowest BCUT2D eigenvalue weighted by Gasteiger charge is -2.18. The number of carbonyl (C=O) groups excluding carboxylic acids is 1. The minimum Gasteiger partial charge on any atom is -0.493 e. The zero-order valence-electron chi connectivity index (χ0n) is 13.1. The van der Waals surface area contributed by atoms with Gasteiger partial charge in [-0.05, 0) is 51.5 Å². The van der Waals surface area contributed by atoms with Crippen molar-refractivity contribution in [1.82, 2.24) is 5.43 Å². The molecule has 1 amide bonds. The van der Waals surface area contributed by atoms with Crippen molar-refractivity contribution in [2.24, 2.45) is 5.10 Å². The van der Waals surface area contributed by atoms with Crippen molar-refractivity contribution in [2.45, 2.75) is 33.3 Å². The first kappa shape index (κ1) is 16.8. The lowest BCUT2D eigenvalue weighted by molar-refractivity contribution is 0.0529. The third-order valence-electron chi connectivity index (χ3n) is 2.26. The minimum absolute atomic E-state index is 0.535. The van der Waals surface area contributed by atoms with Crippen LogP contribution in [0.4, 0.5) is 4.79 Å². The van der Waals surface area contributed by atoms with Crippen molar-refractivity contribution >= 4 is 12.3 Å². The average molecular weight is 294 g/mol. The zero-order valence-corrected chi connectivity index (χ0v) is 13.1. The summed E-state index contributed by atoms with van der Waals surface area (Å²) in [4.78, 5) is 11.4. The van der Waals surface area contributed by atoms with Gasteiger partial charge in [0.1, 0.15) is 5.60 Å². The normalized spacial score (nSPS) is 11.3. The molecule has 0 atom stereocenters. The SMILES string of the molecule is CCOc1cc(/C=N\NC(=O)OC(C)(C)C)ccc1OC. The van der Waals surface area contributed by atoms with E-state index in [0.717, 1.165) is 5.56 Å². The van der Waals surface area contributed by atoms with E-state index in [1.165, 1.54) is 6.21 Å². The molecule has 21 heavy (non-hydrogen) atoms. The van der Waals surface area contributed by atoms with Gasteiger partial charge in [0, 0.05) is 0 Å². The maximum atomic E-state index is 11.4. The van der Waals surface area contributed by atoms with E-state index in [1.54, 1.807) is 40.0 Å². The first-order chi connectivity index (χ1) is 9.85. The molecule has 6 heteroatoms. The van der Waals surface area contributed by atoms with E-state index in [1.807, 2.05) is 13.0 Å². The van der Waals surface area contributed by atoms with Crippen LogP contribution in [0.15, 0.2) is 23.3 Å². The second-order valence-electron chi connectivity index (χ2n) is 5.22. The summed E-state index contributed by atoms with van der Waals surface area (Å²) in [6.07, 6.45) is 0.906. The van der Waals surface area contributed by atoms with E-state index in [-0.39, 0.29) is 0 Å². The number of nitrogens with zero attached hydrogens (tertiary/aromatic N) is 1. The molecule has 0 spiro atoms. The van der Waals surface area contributed by atoms with Gasteiger partial charge in [0.15, 0.2) is 11.5 Å². The number of ether oxygens (including phenoxy) is 3. The van der Waals surface area contributed by atoms with Crippen LogP contribution < -0.4 is 14.9 Å². The van der Waals surface area contributed by atoms with Crippen molar-refractivity contribution in [2.75, 3.05) is 13.7 Å². The number of methoxy groups -OCH3 is 1. The van der Waals surface area contributed by atoms with Gasteiger partial charge in [-0.2, -0.15) is 5.10 Å². The fraction of sp³-hybridized carbons (Fsp3) is 0.467. The molecule has 1 aromatic rings. The fourth-order valence-corrected chi connectivity index (χ4v) is 1.50. The molecule has 0 aliphatic heterocycles. The molecule has 0 aliphatic carbocycles. The zero-order chi connectivity index (χ0) is 15.9. The smallest absolute Gasteiger partial charge is 0.428 e. The van der Waals surface area contributed by atoms with Crippen molar-refractivity contribution in [3.63, 3.8) is 0 Å². The Bertz CT molecular complexity index is 507. The number of benzene rings is 1. The average Bonchev–Trinajstić information content (AvgIpc) is 2.37. The number of nitrogens with one attached hydrogen (secondary N) is 1. The molecule has 0 bridgehead atoms. The molecule has 0 aliphatic rings. The Kier molecular flexibility index (Phi) is 6.02. The van der Waals surface area contributed by atoms with Gasteiger partial charge >= 0.3 is 6.09 Å². The Morgan fingerprint density at radius 2 is 2.05 bits per heavy atom. The maximum absolute atomic E-state index is 11.4. The molecule has 1 aromatic carbocycles. The Morgan fingerprint density at radius 1 is 1.33 bits per heavy atom. The van der Waals surface area contributed by atoms with E-state index < -0.39 is 11.7 Å². The summed E-state index contributed by atoms with van der Waals surface area (Å²) in [5.74, 6) is 1.27. The number of hydrazone groups is 1. The predicted molar refractivity (Wildman–Crippen MR) is 81.1 cm³/mol. The van der Waals surface area contributed by atoms with E-state index in [2.05, 4.69) is 10.5 Å². The first-order valence-corrected chi connectivity index (χ1v) is 6.68. The summed E-state index contributed by atoms with van der Waals surface area (Å²) in [5, 5.41) is 3.84. The van der Waals surface area contributed by atoms with Gasteiger partial charge in [0.2, 0.25) is 0 Å². The van der Waals surface area contributed by atoms with Crippen LogP contribution in [0.5, 0.6) is 11.5 Å². The van der Waals surface area contributed by atoms with Crippen molar-refractivity contribution < 1.29 is 19.0 Å². The van der Waals surface area contributed by atoms with Crippen LogP contribution in [-0.4, -0.2) is 31.6 Å². The molecule has 0 saturated carbocycles. The standard InChI is InChI=1S/C15H22N2O4/c1-6-20-13-9-11(7-8-12(13)19-5)10-16-17-14(18)21-15(2,3)4/h7-10H,6H2,1-5H3,(H,17,18)/b16-10-. The molecule has 0 saturated heterocycles. The number of carbonyl (C=O) groups is 1.